The lowest BCUT2D eigenvalue weighted by atomic mass is 9.78. The molecule has 0 saturated carbocycles. The van der Waals surface area contributed by atoms with E-state index in [-0.39, 0.29) is 5.92 Å². The van der Waals surface area contributed by atoms with Crippen LogP contribution in [0.4, 0.5) is 0 Å². The molecule has 1 atom stereocenters. The van der Waals surface area contributed by atoms with Crippen LogP contribution in [0, 0.1) is 23.2 Å². The van der Waals surface area contributed by atoms with Crippen LogP contribution in [0.2, 0.25) is 0 Å². The summed E-state index contributed by atoms with van der Waals surface area (Å²) in [5.41, 5.74) is -0.738. The fraction of sp³-hybridized carbons (Fsp3) is 0.929. The van der Waals surface area contributed by atoms with Crippen LogP contribution in [-0.4, -0.2) is 35.2 Å². The van der Waals surface area contributed by atoms with Crippen LogP contribution in [0.3, 0.4) is 0 Å². The summed E-state index contributed by atoms with van der Waals surface area (Å²) in [4.78, 5) is 2.40. The second kappa shape index (κ2) is 6.37. The van der Waals surface area contributed by atoms with Gasteiger partial charge in [-0.3, -0.25) is 0 Å². The molecular weight excluding hydrogens is 212 g/mol. The summed E-state index contributed by atoms with van der Waals surface area (Å²) in [6.45, 7) is 9.46. The van der Waals surface area contributed by atoms with Crippen LogP contribution >= 0.6 is 0 Å². The Bertz CT molecular complexity index is 262. The molecule has 1 N–H and O–H groups in total. The van der Waals surface area contributed by atoms with Gasteiger partial charge >= 0.3 is 0 Å². The van der Waals surface area contributed by atoms with Crippen molar-refractivity contribution in [1.82, 2.24) is 4.90 Å². The highest BCUT2D eigenvalue weighted by Gasteiger charge is 2.39. The average molecular weight is 238 g/mol. The van der Waals surface area contributed by atoms with E-state index in [9.17, 15) is 5.11 Å². The van der Waals surface area contributed by atoms with E-state index < -0.39 is 5.60 Å². The number of hydrogen-bond donors (Lipinski definition) is 1. The Kier molecular flexibility index (Phi) is 5.42. The van der Waals surface area contributed by atoms with Crippen LogP contribution in [0.1, 0.15) is 46.5 Å². The van der Waals surface area contributed by atoms with Crippen LogP contribution in [0.15, 0.2) is 0 Å². The summed E-state index contributed by atoms with van der Waals surface area (Å²) < 4.78 is 0. The minimum Gasteiger partial charge on any atom is -0.388 e. The predicted octanol–water partition coefficient (Wildman–Crippen LogP) is 2.41. The molecule has 1 heterocycles. The summed E-state index contributed by atoms with van der Waals surface area (Å²) >= 11 is 0. The number of piperidine rings is 1. The van der Waals surface area contributed by atoms with Gasteiger partial charge in [0, 0.05) is 19.6 Å². The minimum absolute atomic E-state index is 0.186. The van der Waals surface area contributed by atoms with E-state index in [1.54, 1.807) is 0 Å². The van der Waals surface area contributed by atoms with Crippen LogP contribution < -0.4 is 0 Å². The highest BCUT2D eigenvalue weighted by molar-refractivity contribution is 5.01. The monoisotopic (exact) mass is 238 g/mol. The van der Waals surface area contributed by atoms with Crippen molar-refractivity contribution in [1.29, 1.82) is 5.26 Å². The van der Waals surface area contributed by atoms with Gasteiger partial charge in [0.25, 0.3) is 0 Å². The largest absolute Gasteiger partial charge is 0.388 e. The lowest BCUT2D eigenvalue weighted by Crippen LogP contribution is -2.49. The second-order valence-electron chi connectivity index (χ2n) is 5.77. The lowest BCUT2D eigenvalue weighted by Gasteiger charge is -2.41. The maximum absolute atomic E-state index is 10.6. The zero-order valence-corrected chi connectivity index (χ0v) is 11.4. The first kappa shape index (κ1) is 14.5. The first-order valence-electron chi connectivity index (χ1n) is 6.86. The molecule has 0 aromatic heterocycles. The van der Waals surface area contributed by atoms with E-state index >= 15 is 0 Å². The van der Waals surface area contributed by atoms with E-state index in [1.807, 2.05) is 0 Å². The summed E-state index contributed by atoms with van der Waals surface area (Å²) in [5, 5.41) is 19.7. The number of likely N-dealkylation sites (tertiary alicyclic amines) is 1. The molecule has 0 amide bonds. The molecule has 1 saturated heterocycles. The average Bonchev–Trinajstić information content (AvgIpc) is 2.28. The SMILES string of the molecule is CCCC(C#N)C1(O)CCN(CC(C)C)CC1. The van der Waals surface area contributed by atoms with Gasteiger partial charge < -0.3 is 10.0 Å². The first-order chi connectivity index (χ1) is 8.01. The van der Waals surface area contributed by atoms with Crippen molar-refractivity contribution in [3.63, 3.8) is 0 Å². The molecule has 1 aliphatic heterocycles. The molecule has 3 nitrogen and oxygen atoms in total. The molecule has 3 heteroatoms. The molecule has 98 valence electrons. The minimum atomic E-state index is -0.738. The first-order valence-corrected chi connectivity index (χ1v) is 6.86. The Balaban J connectivity index is 2.51. The van der Waals surface area contributed by atoms with E-state index in [1.165, 1.54) is 0 Å². The van der Waals surface area contributed by atoms with Gasteiger partial charge in [-0.2, -0.15) is 5.26 Å². The third-order valence-corrected chi connectivity index (χ3v) is 3.73. The van der Waals surface area contributed by atoms with Crippen molar-refractivity contribution in [2.75, 3.05) is 19.6 Å². The fourth-order valence-electron chi connectivity index (χ4n) is 2.73. The number of rotatable bonds is 5. The standard InChI is InChI=1S/C14H26N2O/c1-4-5-13(10-15)14(17)6-8-16(9-7-14)11-12(2)3/h12-13,17H,4-9,11H2,1-3H3. The van der Waals surface area contributed by atoms with Gasteiger partial charge in [0.1, 0.15) is 0 Å². The molecule has 0 radical (unpaired) electrons. The number of aliphatic hydroxyl groups is 1. The van der Waals surface area contributed by atoms with Crippen LogP contribution in [0.5, 0.6) is 0 Å². The molecule has 1 aliphatic rings. The van der Waals surface area contributed by atoms with Crippen molar-refractivity contribution < 1.29 is 5.11 Å². The highest BCUT2D eigenvalue weighted by atomic mass is 16.3. The molecule has 0 aromatic carbocycles. The van der Waals surface area contributed by atoms with Crippen molar-refractivity contribution in [2.45, 2.75) is 52.1 Å². The quantitative estimate of drug-likeness (QED) is 0.800. The van der Waals surface area contributed by atoms with Gasteiger partial charge in [-0.05, 0) is 25.2 Å². The van der Waals surface area contributed by atoms with Crippen LogP contribution in [-0.2, 0) is 0 Å². The van der Waals surface area contributed by atoms with E-state index in [4.69, 9.17) is 5.26 Å². The zero-order valence-electron chi connectivity index (χ0n) is 11.4. The summed E-state index contributed by atoms with van der Waals surface area (Å²) in [5.74, 6) is 0.484. The zero-order chi connectivity index (χ0) is 12.9. The molecule has 0 aliphatic carbocycles. The Hall–Kier alpha value is -0.590. The Morgan fingerprint density at radius 1 is 1.35 bits per heavy atom. The van der Waals surface area contributed by atoms with E-state index in [0.717, 1.165) is 45.3 Å². The van der Waals surface area contributed by atoms with Gasteiger partial charge in [0.05, 0.1) is 17.6 Å². The molecule has 1 unspecified atom stereocenters. The topological polar surface area (TPSA) is 47.3 Å². The molecule has 1 rings (SSSR count). The third-order valence-electron chi connectivity index (χ3n) is 3.73. The molecule has 0 spiro atoms. The molecule has 17 heavy (non-hydrogen) atoms. The van der Waals surface area contributed by atoms with Crippen molar-refractivity contribution in [3.8, 4) is 6.07 Å². The van der Waals surface area contributed by atoms with Crippen molar-refractivity contribution in [3.05, 3.63) is 0 Å². The van der Waals surface area contributed by atoms with Crippen molar-refractivity contribution >= 4 is 0 Å². The maximum Gasteiger partial charge on any atom is 0.0829 e. The normalized spacial score (nSPS) is 22.4. The van der Waals surface area contributed by atoms with Gasteiger partial charge in [0.2, 0.25) is 0 Å². The van der Waals surface area contributed by atoms with Gasteiger partial charge in [-0.15, -0.1) is 0 Å². The van der Waals surface area contributed by atoms with E-state index in [0.29, 0.717) is 5.92 Å². The summed E-state index contributed by atoms with van der Waals surface area (Å²) in [6.07, 6.45) is 3.28. The number of nitrogens with zero attached hydrogens (tertiary/aromatic N) is 2. The lowest BCUT2D eigenvalue weighted by molar-refractivity contribution is -0.0545. The number of hydrogen-bond acceptors (Lipinski definition) is 3. The molecule has 1 fully saturated rings. The summed E-state index contributed by atoms with van der Waals surface area (Å²) in [6, 6.07) is 2.30. The Morgan fingerprint density at radius 2 is 1.94 bits per heavy atom. The second-order valence-corrected chi connectivity index (χ2v) is 5.77. The maximum atomic E-state index is 10.6. The fourth-order valence-corrected chi connectivity index (χ4v) is 2.73. The Labute approximate surface area is 105 Å². The van der Waals surface area contributed by atoms with Crippen molar-refractivity contribution in [2.24, 2.45) is 11.8 Å². The highest BCUT2D eigenvalue weighted by Crippen LogP contribution is 2.32. The van der Waals surface area contributed by atoms with E-state index in [2.05, 4.69) is 31.7 Å². The smallest absolute Gasteiger partial charge is 0.0829 e. The summed E-state index contributed by atoms with van der Waals surface area (Å²) in [7, 11) is 0. The predicted molar refractivity (Wildman–Crippen MR) is 69.5 cm³/mol. The van der Waals surface area contributed by atoms with Gasteiger partial charge in [-0.25, -0.2) is 0 Å². The molecule has 0 bridgehead atoms. The van der Waals surface area contributed by atoms with Crippen LogP contribution in [0.25, 0.3) is 0 Å². The third kappa shape index (κ3) is 3.97. The Morgan fingerprint density at radius 3 is 2.35 bits per heavy atom. The molecular formula is C14H26N2O. The molecule has 0 aromatic rings. The van der Waals surface area contributed by atoms with Gasteiger partial charge in [-0.1, -0.05) is 27.2 Å². The number of nitriles is 1. The van der Waals surface area contributed by atoms with Gasteiger partial charge in [0.15, 0.2) is 0 Å².